The van der Waals surface area contributed by atoms with Crippen LogP contribution < -0.4 is 5.32 Å². The molecule has 0 aliphatic carbocycles. The fraction of sp³-hybridized carbons (Fsp3) is 0.925. The van der Waals surface area contributed by atoms with E-state index in [-0.39, 0.29) is 23.7 Å². The maximum atomic E-state index is 12.9. The van der Waals surface area contributed by atoms with Gasteiger partial charge in [-0.05, 0) is 37.4 Å². The van der Waals surface area contributed by atoms with E-state index in [4.69, 9.17) is 4.43 Å². The molecule has 0 aromatic rings. The smallest absolute Gasteiger partial charge is 0.220 e. The van der Waals surface area contributed by atoms with Crippen molar-refractivity contribution in [3.63, 3.8) is 0 Å². The molecule has 1 amide bonds. The third kappa shape index (κ3) is 26.0. The first-order valence-corrected chi connectivity index (χ1v) is 22.7. The molecule has 0 aliphatic rings. The second-order valence-corrected chi connectivity index (χ2v) is 20.2. The molecular weight excluding hydrogens is 572 g/mol. The molecule has 0 aromatic heterocycles. The van der Waals surface area contributed by atoms with Crippen LogP contribution in [0, 0.1) is 0 Å². The molecule has 0 radical (unpaired) electrons. The Balaban J connectivity index is 4.46. The van der Waals surface area contributed by atoms with E-state index < -0.39 is 14.4 Å². The Bertz CT molecular complexity index is 688. The van der Waals surface area contributed by atoms with Gasteiger partial charge in [0.25, 0.3) is 0 Å². The number of amides is 1. The van der Waals surface area contributed by atoms with Crippen molar-refractivity contribution in [3.8, 4) is 0 Å². The van der Waals surface area contributed by atoms with Gasteiger partial charge in [0.2, 0.25) is 5.91 Å². The minimum absolute atomic E-state index is 0.0414. The first-order chi connectivity index (χ1) is 21.6. The largest absolute Gasteiger partial charge is 0.408 e. The van der Waals surface area contributed by atoms with Crippen LogP contribution >= 0.6 is 0 Å². The van der Waals surface area contributed by atoms with Gasteiger partial charge in [0, 0.05) is 6.42 Å². The summed E-state index contributed by atoms with van der Waals surface area (Å²) in [6.07, 6.45) is 37.4. The van der Waals surface area contributed by atoms with Crippen LogP contribution in [0.15, 0.2) is 12.2 Å². The Morgan fingerprint density at radius 3 is 1.42 bits per heavy atom. The molecule has 0 saturated heterocycles. The molecule has 2 N–H and O–H groups in total. The van der Waals surface area contributed by atoms with E-state index in [1.165, 1.54) is 141 Å². The van der Waals surface area contributed by atoms with Gasteiger partial charge in [0.1, 0.15) is 0 Å². The van der Waals surface area contributed by atoms with E-state index in [2.05, 4.69) is 65.2 Å². The Labute approximate surface area is 283 Å². The van der Waals surface area contributed by atoms with Gasteiger partial charge in [-0.15, -0.1) is 0 Å². The van der Waals surface area contributed by atoms with Gasteiger partial charge in [0.05, 0.1) is 18.8 Å². The molecule has 0 bridgehead atoms. The molecule has 0 spiro atoms. The predicted octanol–water partition coefficient (Wildman–Crippen LogP) is 12.6. The molecule has 45 heavy (non-hydrogen) atoms. The minimum Gasteiger partial charge on any atom is -0.408 e. The van der Waals surface area contributed by atoms with E-state index in [1.807, 2.05) is 0 Å². The lowest BCUT2D eigenvalue weighted by Gasteiger charge is -2.40. The molecule has 0 heterocycles. The maximum Gasteiger partial charge on any atom is 0.220 e. The van der Waals surface area contributed by atoms with Crippen LogP contribution in [0.4, 0.5) is 0 Å². The van der Waals surface area contributed by atoms with Gasteiger partial charge >= 0.3 is 0 Å². The number of aliphatic hydroxyl groups excluding tert-OH is 1. The van der Waals surface area contributed by atoms with Crippen molar-refractivity contribution in [2.45, 2.75) is 232 Å². The zero-order valence-corrected chi connectivity index (χ0v) is 32.7. The number of hydrogen-bond donors (Lipinski definition) is 2. The van der Waals surface area contributed by atoms with Gasteiger partial charge in [-0.2, -0.15) is 0 Å². The number of unbranched alkanes of at least 4 members (excludes halogenated alkanes) is 23. The standard InChI is InChI=1S/C40H81NO3Si/c1-8-10-12-14-16-18-20-22-24-26-28-30-32-34-38(44-45(6,7)40(3,4)5)37(36-42)41-39(43)35-33-31-29-27-25-23-21-19-17-15-13-11-9-2/h32,34,37-38,42H,8-31,33,35-36H2,1-7H3,(H,41,43)/b34-32+/t37-,38+/m0/s1/i15+1. The summed E-state index contributed by atoms with van der Waals surface area (Å²) in [5.41, 5.74) is 0. The SMILES string of the molecule is CCCCCCCCCCCCC/C=C/[C@@H](O[Si](C)(C)C(C)(C)C)[C@H](CO)NC(=O)CCCCCCCCCC[13CH2]CCCC. The Morgan fingerprint density at radius 1 is 0.667 bits per heavy atom. The van der Waals surface area contributed by atoms with Gasteiger partial charge in [-0.25, -0.2) is 0 Å². The molecular formula is C40H81NO3Si. The van der Waals surface area contributed by atoms with Crippen LogP contribution in [0.1, 0.15) is 202 Å². The monoisotopic (exact) mass is 653 g/mol. The van der Waals surface area contributed by atoms with E-state index in [0.717, 1.165) is 19.3 Å². The van der Waals surface area contributed by atoms with E-state index in [9.17, 15) is 9.90 Å². The predicted molar refractivity (Wildman–Crippen MR) is 202 cm³/mol. The summed E-state index contributed by atoms with van der Waals surface area (Å²) in [4.78, 5) is 12.9. The van der Waals surface area contributed by atoms with Gasteiger partial charge in [-0.1, -0.05) is 188 Å². The van der Waals surface area contributed by atoms with Gasteiger partial charge in [-0.3, -0.25) is 4.79 Å². The number of allylic oxidation sites excluding steroid dienone is 1. The second kappa shape index (κ2) is 29.5. The van der Waals surface area contributed by atoms with Crippen molar-refractivity contribution in [2.75, 3.05) is 6.61 Å². The molecule has 0 rings (SSSR count). The summed E-state index contributed by atoms with van der Waals surface area (Å²) in [5, 5.41) is 13.5. The first kappa shape index (κ1) is 44.3. The van der Waals surface area contributed by atoms with Crippen molar-refractivity contribution >= 4 is 14.2 Å². The number of aliphatic hydroxyl groups is 1. The number of hydrogen-bond acceptors (Lipinski definition) is 3. The van der Waals surface area contributed by atoms with Crippen molar-refractivity contribution in [2.24, 2.45) is 0 Å². The van der Waals surface area contributed by atoms with Crippen LogP contribution in [-0.2, 0) is 9.22 Å². The highest BCUT2D eigenvalue weighted by Gasteiger charge is 2.40. The second-order valence-electron chi connectivity index (χ2n) is 15.4. The third-order valence-electron chi connectivity index (χ3n) is 9.98. The quantitative estimate of drug-likeness (QED) is 0.0329. The van der Waals surface area contributed by atoms with E-state index in [1.54, 1.807) is 0 Å². The topological polar surface area (TPSA) is 58.6 Å². The first-order valence-electron chi connectivity index (χ1n) is 19.8. The fourth-order valence-electron chi connectivity index (χ4n) is 5.74. The van der Waals surface area contributed by atoms with Crippen molar-refractivity contribution in [1.29, 1.82) is 0 Å². The molecule has 0 aromatic carbocycles. The molecule has 5 heteroatoms. The zero-order valence-electron chi connectivity index (χ0n) is 31.7. The lowest BCUT2D eigenvalue weighted by molar-refractivity contribution is -0.122. The molecule has 268 valence electrons. The van der Waals surface area contributed by atoms with Gasteiger partial charge < -0.3 is 14.8 Å². The number of nitrogens with one attached hydrogen (secondary N) is 1. The molecule has 2 atom stereocenters. The highest BCUT2D eigenvalue weighted by molar-refractivity contribution is 6.74. The molecule has 4 nitrogen and oxygen atoms in total. The summed E-state index contributed by atoms with van der Waals surface area (Å²) >= 11 is 0. The molecule has 0 fully saturated rings. The third-order valence-corrected chi connectivity index (χ3v) is 14.5. The summed E-state index contributed by atoms with van der Waals surface area (Å²) in [7, 11) is -2.08. The summed E-state index contributed by atoms with van der Waals surface area (Å²) < 4.78 is 6.76. The summed E-state index contributed by atoms with van der Waals surface area (Å²) in [6, 6.07) is -0.401. The lowest BCUT2D eigenvalue weighted by Crippen LogP contribution is -2.52. The average molecular weight is 653 g/mol. The lowest BCUT2D eigenvalue weighted by atomic mass is 10.0. The van der Waals surface area contributed by atoms with Crippen molar-refractivity contribution in [3.05, 3.63) is 12.2 Å². The van der Waals surface area contributed by atoms with Crippen LogP contribution in [0.3, 0.4) is 0 Å². The van der Waals surface area contributed by atoms with Crippen molar-refractivity contribution < 1.29 is 14.3 Å². The molecule has 0 aliphatic heterocycles. The average Bonchev–Trinajstić information content (AvgIpc) is 2.99. The highest BCUT2D eigenvalue weighted by atomic mass is 28.4. The Hall–Kier alpha value is -0.653. The van der Waals surface area contributed by atoms with Crippen LogP contribution in [0.2, 0.25) is 18.1 Å². The fourth-order valence-corrected chi connectivity index (χ4v) is 7.02. The van der Waals surface area contributed by atoms with Crippen LogP contribution in [0.25, 0.3) is 0 Å². The number of carbonyl (C=O) groups excluding carboxylic acids is 1. The minimum atomic E-state index is -2.08. The van der Waals surface area contributed by atoms with E-state index >= 15 is 0 Å². The molecule has 0 unspecified atom stereocenters. The summed E-state index contributed by atoms with van der Waals surface area (Å²) in [6.45, 7) is 15.7. The normalized spacial score (nSPS) is 13.9. The van der Waals surface area contributed by atoms with Crippen LogP contribution in [-0.4, -0.2) is 38.1 Å². The Morgan fingerprint density at radius 2 is 1.04 bits per heavy atom. The maximum absolute atomic E-state index is 12.9. The van der Waals surface area contributed by atoms with Gasteiger partial charge in [0.15, 0.2) is 8.32 Å². The van der Waals surface area contributed by atoms with Crippen molar-refractivity contribution in [1.82, 2.24) is 5.32 Å². The number of carbonyl (C=O) groups is 1. The number of rotatable bonds is 32. The summed E-state index contributed by atoms with van der Waals surface area (Å²) in [5.74, 6) is 0.0414. The Kier molecular flexibility index (Phi) is 29.1. The molecule has 0 saturated carbocycles. The highest BCUT2D eigenvalue weighted by Crippen LogP contribution is 2.37. The van der Waals surface area contributed by atoms with Crippen LogP contribution in [0.5, 0.6) is 0 Å². The van der Waals surface area contributed by atoms with E-state index in [0.29, 0.717) is 6.42 Å². The zero-order chi connectivity index (χ0) is 33.7.